The number of ketones is 1. The first-order valence-electron chi connectivity index (χ1n) is 15.6. The highest BCUT2D eigenvalue weighted by atomic mass is 16.6. The number of nitrogens with one attached hydrogen (secondary N) is 3. The van der Waals surface area contributed by atoms with E-state index in [9.17, 15) is 29.4 Å². The van der Waals surface area contributed by atoms with Crippen LogP contribution in [-0.4, -0.2) is 122 Å². The van der Waals surface area contributed by atoms with E-state index in [4.69, 9.17) is 14.2 Å². The second-order valence-electron chi connectivity index (χ2n) is 12.0. The van der Waals surface area contributed by atoms with Crippen molar-refractivity contribution < 1.29 is 43.6 Å². The van der Waals surface area contributed by atoms with Gasteiger partial charge in [0, 0.05) is 19.6 Å². The highest BCUT2D eigenvalue weighted by Crippen LogP contribution is 2.31. The average Bonchev–Trinajstić information content (AvgIpc) is 3.83. The molecular weight excluding hydrogens is 584 g/mol. The number of benzene rings is 1. The Morgan fingerprint density at radius 3 is 2.38 bits per heavy atom. The van der Waals surface area contributed by atoms with Crippen LogP contribution in [0.1, 0.15) is 50.7 Å². The topological polar surface area (TPSA) is 179 Å². The van der Waals surface area contributed by atoms with Crippen LogP contribution >= 0.6 is 0 Å². The zero-order chi connectivity index (χ0) is 32.4. The predicted molar refractivity (Wildman–Crippen MR) is 163 cm³/mol. The van der Waals surface area contributed by atoms with E-state index in [0.717, 1.165) is 37.5 Å². The minimum atomic E-state index is -1.52. The van der Waals surface area contributed by atoms with Crippen molar-refractivity contribution in [2.75, 3.05) is 53.2 Å². The molecule has 0 bridgehead atoms. The molecule has 2 aliphatic heterocycles. The average molecular weight is 631 g/mol. The fraction of sp³-hybridized carbons (Fsp3) is 0.625. The van der Waals surface area contributed by atoms with Gasteiger partial charge in [-0.05, 0) is 56.7 Å². The van der Waals surface area contributed by atoms with Gasteiger partial charge in [-0.25, -0.2) is 0 Å². The molecule has 6 atom stereocenters. The minimum Gasteiger partial charge on any atom is -0.497 e. The molecule has 2 fully saturated rings. The molecule has 0 radical (unpaired) electrons. The number of nitrogens with zero attached hydrogens (tertiary/aromatic N) is 1. The normalized spacial score (nSPS) is 23.4. The maximum atomic E-state index is 13.9. The third-order valence-corrected chi connectivity index (χ3v) is 8.68. The van der Waals surface area contributed by atoms with Gasteiger partial charge in [0.1, 0.15) is 35.8 Å². The predicted octanol–water partition coefficient (Wildman–Crippen LogP) is -0.203. The fourth-order valence-electron chi connectivity index (χ4n) is 5.65. The van der Waals surface area contributed by atoms with Crippen LogP contribution in [0.15, 0.2) is 35.9 Å². The highest BCUT2D eigenvalue weighted by molar-refractivity contribution is 5.98. The van der Waals surface area contributed by atoms with Gasteiger partial charge in [-0.15, -0.1) is 0 Å². The van der Waals surface area contributed by atoms with Crippen LogP contribution in [0.4, 0.5) is 0 Å². The summed E-state index contributed by atoms with van der Waals surface area (Å²) in [5.41, 5.74) is 0.394. The summed E-state index contributed by atoms with van der Waals surface area (Å²) in [5.74, 6) is -1.26. The van der Waals surface area contributed by atoms with Crippen molar-refractivity contribution in [3.8, 4) is 5.75 Å². The molecule has 1 aromatic carbocycles. The highest BCUT2D eigenvalue weighted by Gasteiger charge is 2.50. The summed E-state index contributed by atoms with van der Waals surface area (Å²) in [6, 6.07) is 2.20. The van der Waals surface area contributed by atoms with Crippen LogP contribution in [0, 0.1) is 0 Å². The summed E-state index contributed by atoms with van der Waals surface area (Å²) in [6.45, 7) is 3.46. The Bertz CT molecular complexity index is 1200. The molecule has 5 N–H and O–H groups in total. The number of epoxide rings is 1. The number of Topliss-reactive ketones (excluding diaryl/α,β-unsaturated/α-hetero) is 1. The summed E-state index contributed by atoms with van der Waals surface area (Å²) in [6.07, 6.45) is 5.45. The lowest BCUT2D eigenvalue weighted by Gasteiger charge is -2.32. The van der Waals surface area contributed by atoms with Gasteiger partial charge in [0.2, 0.25) is 11.8 Å². The third-order valence-electron chi connectivity index (χ3n) is 8.68. The van der Waals surface area contributed by atoms with Crippen molar-refractivity contribution in [1.29, 1.82) is 0 Å². The molecule has 2 saturated heterocycles. The summed E-state index contributed by atoms with van der Waals surface area (Å²) in [5, 5.41) is 29.8. The lowest BCUT2D eigenvalue weighted by Crippen LogP contribution is -2.59. The maximum absolute atomic E-state index is 13.9. The van der Waals surface area contributed by atoms with Gasteiger partial charge in [-0.2, -0.15) is 0 Å². The number of ether oxygens (including phenoxy) is 3. The molecule has 45 heavy (non-hydrogen) atoms. The van der Waals surface area contributed by atoms with E-state index in [0.29, 0.717) is 44.0 Å². The molecule has 13 nitrogen and oxygen atoms in total. The van der Waals surface area contributed by atoms with Crippen molar-refractivity contribution in [3.63, 3.8) is 0 Å². The van der Waals surface area contributed by atoms with Gasteiger partial charge in [0.25, 0.3) is 0 Å². The van der Waals surface area contributed by atoms with E-state index in [1.165, 1.54) is 7.11 Å². The molecule has 0 saturated carbocycles. The Labute approximate surface area is 263 Å². The molecule has 2 heterocycles. The first-order valence-corrected chi connectivity index (χ1v) is 15.6. The van der Waals surface area contributed by atoms with Gasteiger partial charge in [0.05, 0.1) is 45.6 Å². The molecular formula is C32H46N4O9. The Kier molecular flexibility index (Phi) is 12.6. The lowest BCUT2D eigenvalue weighted by molar-refractivity contribution is -0.136. The number of rotatable bonds is 17. The molecule has 0 spiro atoms. The summed E-state index contributed by atoms with van der Waals surface area (Å²) >= 11 is 0. The number of methoxy groups -OCH3 is 1. The van der Waals surface area contributed by atoms with Gasteiger partial charge < -0.3 is 45.2 Å². The second kappa shape index (κ2) is 16.4. The maximum Gasteiger partial charge on any atom is 0.246 e. The quantitative estimate of drug-likeness (QED) is 0.0874. The van der Waals surface area contributed by atoms with Crippen molar-refractivity contribution in [2.24, 2.45) is 0 Å². The second-order valence-corrected chi connectivity index (χ2v) is 12.0. The van der Waals surface area contributed by atoms with Gasteiger partial charge in [-0.1, -0.05) is 23.8 Å². The van der Waals surface area contributed by atoms with Crippen LogP contribution < -0.4 is 20.7 Å². The zero-order valence-electron chi connectivity index (χ0n) is 26.0. The van der Waals surface area contributed by atoms with Crippen LogP contribution in [0.2, 0.25) is 0 Å². The lowest BCUT2D eigenvalue weighted by atomic mass is 9.89. The van der Waals surface area contributed by atoms with Gasteiger partial charge in [-0.3, -0.25) is 19.3 Å². The zero-order valence-corrected chi connectivity index (χ0v) is 26.0. The number of carbonyl (C=O) groups excluding carboxylic acids is 4. The molecule has 2 amide bonds. The Hall–Kier alpha value is -3.20. The van der Waals surface area contributed by atoms with Crippen LogP contribution in [0.5, 0.6) is 5.75 Å². The van der Waals surface area contributed by atoms with E-state index in [1.807, 2.05) is 4.90 Å². The SMILES string of the molecule is COc1ccc(C(O)C(NC(=O)C(CO)NCC(C=O)N2CCOCC2)C(=O)NC(CC2=CCCCC2)C(=O)C2(C)CO2)cc1. The number of morpholine rings is 1. The van der Waals surface area contributed by atoms with Crippen molar-refractivity contribution in [1.82, 2.24) is 20.9 Å². The van der Waals surface area contributed by atoms with Crippen LogP contribution in [0.3, 0.4) is 0 Å². The van der Waals surface area contributed by atoms with E-state index in [2.05, 4.69) is 22.0 Å². The third kappa shape index (κ3) is 9.41. The monoisotopic (exact) mass is 630 g/mol. The molecule has 6 unspecified atom stereocenters. The fourth-order valence-corrected chi connectivity index (χ4v) is 5.65. The van der Waals surface area contributed by atoms with Crippen molar-refractivity contribution >= 4 is 23.9 Å². The number of aldehydes is 1. The first-order chi connectivity index (χ1) is 21.7. The first kappa shape index (κ1) is 34.7. The molecule has 248 valence electrons. The Balaban J connectivity index is 1.52. The standard InChI is InChI=1S/C32H46N4O9/c1-32(20-45-32)29(40)25(16-21-6-4-3-5-7-21)34-31(42)27(28(39)22-8-10-24(43-2)11-9-22)35-30(41)26(19-38)33-17-23(18-37)36-12-14-44-15-13-36/h6,8-11,18,23,25-28,33,38-39H,3-5,7,12-17,19-20H2,1-2H3,(H,34,42)(H,35,41). The molecule has 1 aliphatic carbocycles. The number of allylic oxidation sites excluding steroid dienone is 1. The van der Waals surface area contributed by atoms with E-state index < -0.39 is 54.3 Å². The Morgan fingerprint density at radius 2 is 1.80 bits per heavy atom. The summed E-state index contributed by atoms with van der Waals surface area (Å²) in [7, 11) is 1.50. The molecule has 3 aliphatic rings. The number of aliphatic hydroxyl groups is 2. The largest absolute Gasteiger partial charge is 0.497 e. The van der Waals surface area contributed by atoms with Crippen LogP contribution in [0.25, 0.3) is 0 Å². The molecule has 13 heteroatoms. The Morgan fingerprint density at radius 1 is 1.09 bits per heavy atom. The summed E-state index contributed by atoms with van der Waals surface area (Å²) in [4.78, 5) is 54.5. The van der Waals surface area contributed by atoms with E-state index >= 15 is 0 Å². The minimum absolute atomic E-state index is 0.0737. The number of hydrogen-bond acceptors (Lipinski definition) is 11. The number of hydrogen-bond donors (Lipinski definition) is 5. The molecule has 0 aromatic heterocycles. The summed E-state index contributed by atoms with van der Waals surface area (Å²) < 4.78 is 15.9. The van der Waals surface area contributed by atoms with Crippen LogP contribution in [-0.2, 0) is 28.7 Å². The smallest absolute Gasteiger partial charge is 0.246 e. The van der Waals surface area contributed by atoms with E-state index in [-0.39, 0.29) is 18.9 Å². The number of amides is 2. The molecule has 1 aromatic rings. The number of carbonyl (C=O) groups is 4. The van der Waals surface area contributed by atoms with Crippen molar-refractivity contribution in [2.45, 2.75) is 74.9 Å². The van der Waals surface area contributed by atoms with Gasteiger partial charge >= 0.3 is 0 Å². The van der Waals surface area contributed by atoms with Crippen molar-refractivity contribution in [3.05, 3.63) is 41.5 Å². The molecule has 4 rings (SSSR count). The number of aliphatic hydroxyl groups excluding tert-OH is 2. The van der Waals surface area contributed by atoms with Gasteiger partial charge in [0.15, 0.2) is 5.78 Å². The van der Waals surface area contributed by atoms with E-state index in [1.54, 1.807) is 31.2 Å².